The van der Waals surface area contributed by atoms with Crippen LogP contribution in [0, 0.1) is 0 Å². The Hall–Kier alpha value is -0.810. The summed E-state index contributed by atoms with van der Waals surface area (Å²) in [5.41, 5.74) is 9.44. The maximum absolute atomic E-state index is 5.92. The van der Waals surface area contributed by atoms with Crippen molar-refractivity contribution in [2.75, 3.05) is 30.5 Å². The number of hydrogen-bond donors (Lipinski definition) is 1. The molecule has 4 nitrogen and oxygen atoms in total. The lowest BCUT2D eigenvalue weighted by Gasteiger charge is -2.22. The van der Waals surface area contributed by atoms with Gasteiger partial charge in [0.15, 0.2) is 5.82 Å². The van der Waals surface area contributed by atoms with Crippen LogP contribution in [0.25, 0.3) is 0 Å². The monoisotopic (exact) mass is 268 g/mol. The minimum atomic E-state index is 0.532. The highest BCUT2D eigenvalue weighted by molar-refractivity contribution is 7.98. The average Bonchev–Trinajstić information content (AvgIpc) is 2.42. The molecule has 0 radical (unpaired) electrons. The van der Waals surface area contributed by atoms with Crippen LogP contribution >= 0.6 is 11.8 Å². The molecule has 1 aromatic rings. The minimum absolute atomic E-state index is 0.532. The van der Waals surface area contributed by atoms with E-state index in [0.717, 1.165) is 42.2 Å². The van der Waals surface area contributed by atoms with Gasteiger partial charge in [-0.15, -0.1) is 5.10 Å². The predicted molar refractivity (Wildman–Crippen MR) is 80.3 cm³/mol. The van der Waals surface area contributed by atoms with E-state index in [1.165, 1.54) is 5.56 Å². The molecular formula is C13H24N4S. The van der Waals surface area contributed by atoms with E-state index in [0.29, 0.717) is 6.54 Å². The summed E-state index contributed by atoms with van der Waals surface area (Å²) in [5, 5.41) is 8.72. The van der Waals surface area contributed by atoms with E-state index in [-0.39, 0.29) is 0 Å². The summed E-state index contributed by atoms with van der Waals surface area (Å²) < 4.78 is 0. The third-order valence-corrected chi connectivity index (χ3v) is 3.72. The zero-order chi connectivity index (χ0) is 13.5. The molecule has 0 aromatic carbocycles. The molecule has 0 saturated carbocycles. The van der Waals surface area contributed by atoms with Crippen LogP contribution < -0.4 is 10.6 Å². The molecule has 0 aliphatic carbocycles. The molecule has 5 heteroatoms. The van der Waals surface area contributed by atoms with Gasteiger partial charge in [0.2, 0.25) is 0 Å². The number of thioether (sulfide) groups is 1. The molecule has 0 spiro atoms. The standard InChI is InChI=1S/C13H24N4S/c1-5-10-11(9-14)13(16-15-12(10)6-2)17(3)7-8-18-4/h5-9,14H2,1-4H3. The van der Waals surface area contributed by atoms with Crippen LogP contribution in [0.3, 0.4) is 0 Å². The van der Waals surface area contributed by atoms with Crippen molar-refractivity contribution in [3.8, 4) is 0 Å². The molecular weight excluding hydrogens is 244 g/mol. The molecule has 18 heavy (non-hydrogen) atoms. The van der Waals surface area contributed by atoms with Crippen molar-refractivity contribution < 1.29 is 0 Å². The highest BCUT2D eigenvalue weighted by Gasteiger charge is 2.15. The lowest BCUT2D eigenvalue weighted by Crippen LogP contribution is -2.25. The van der Waals surface area contributed by atoms with Gasteiger partial charge in [0.25, 0.3) is 0 Å². The highest BCUT2D eigenvalue weighted by atomic mass is 32.2. The molecule has 102 valence electrons. The van der Waals surface area contributed by atoms with E-state index in [1.54, 1.807) is 0 Å². The van der Waals surface area contributed by atoms with Crippen molar-refractivity contribution in [2.24, 2.45) is 5.73 Å². The Labute approximate surface area is 114 Å². The summed E-state index contributed by atoms with van der Waals surface area (Å²) in [6, 6.07) is 0. The first-order valence-corrected chi connectivity index (χ1v) is 7.86. The second-order valence-electron chi connectivity index (χ2n) is 4.25. The Morgan fingerprint density at radius 1 is 1.17 bits per heavy atom. The number of aryl methyl sites for hydroxylation is 1. The molecule has 1 heterocycles. The van der Waals surface area contributed by atoms with E-state index in [1.807, 2.05) is 11.8 Å². The summed E-state index contributed by atoms with van der Waals surface area (Å²) in [6.45, 7) is 5.77. The first kappa shape index (κ1) is 15.2. The normalized spacial score (nSPS) is 10.7. The fraction of sp³-hybridized carbons (Fsp3) is 0.692. The van der Waals surface area contributed by atoms with E-state index < -0.39 is 0 Å². The molecule has 0 saturated heterocycles. The van der Waals surface area contributed by atoms with Gasteiger partial charge < -0.3 is 10.6 Å². The number of rotatable bonds is 7. The van der Waals surface area contributed by atoms with Gasteiger partial charge in [-0.2, -0.15) is 16.9 Å². The minimum Gasteiger partial charge on any atom is -0.357 e. The third kappa shape index (κ3) is 3.36. The van der Waals surface area contributed by atoms with Gasteiger partial charge in [-0.25, -0.2) is 0 Å². The topological polar surface area (TPSA) is 55.0 Å². The second kappa shape index (κ2) is 7.59. The van der Waals surface area contributed by atoms with Crippen molar-refractivity contribution >= 4 is 17.6 Å². The van der Waals surface area contributed by atoms with Gasteiger partial charge in [0.1, 0.15) is 0 Å². The van der Waals surface area contributed by atoms with Crippen LogP contribution in [-0.2, 0) is 19.4 Å². The van der Waals surface area contributed by atoms with Crippen LogP contribution in [-0.4, -0.2) is 35.8 Å². The number of nitrogens with zero attached hydrogens (tertiary/aromatic N) is 3. The fourth-order valence-corrected chi connectivity index (χ4v) is 2.55. The molecule has 0 fully saturated rings. The Kier molecular flexibility index (Phi) is 6.43. The summed E-state index contributed by atoms with van der Waals surface area (Å²) >= 11 is 1.83. The van der Waals surface area contributed by atoms with Crippen molar-refractivity contribution in [1.82, 2.24) is 10.2 Å². The van der Waals surface area contributed by atoms with E-state index in [9.17, 15) is 0 Å². The lowest BCUT2D eigenvalue weighted by atomic mass is 10.0. The number of hydrogen-bond acceptors (Lipinski definition) is 5. The van der Waals surface area contributed by atoms with Crippen LogP contribution in [0.5, 0.6) is 0 Å². The third-order valence-electron chi connectivity index (χ3n) is 3.13. The molecule has 0 amide bonds. The number of anilines is 1. The summed E-state index contributed by atoms with van der Waals surface area (Å²) in [5.74, 6) is 2.03. The van der Waals surface area contributed by atoms with Gasteiger partial charge in [-0.1, -0.05) is 13.8 Å². The first-order valence-electron chi connectivity index (χ1n) is 6.46. The Bertz CT molecular complexity index is 381. The summed E-state index contributed by atoms with van der Waals surface area (Å²) in [4.78, 5) is 2.16. The van der Waals surface area contributed by atoms with Crippen LogP contribution in [0.15, 0.2) is 0 Å². The average molecular weight is 268 g/mol. The second-order valence-corrected chi connectivity index (χ2v) is 5.24. The largest absolute Gasteiger partial charge is 0.357 e. The Morgan fingerprint density at radius 3 is 2.39 bits per heavy atom. The van der Waals surface area contributed by atoms with Crippen molar-refractivity contribution in [3.05, 3.63) is 16.8 Å². The molecule has 0 atom stereocenters. The number of aromatic nitrogens is 2. The van der Waals surface area contributed by atoms with Gasteiger partial charge >= 0.3 is 0 Å². The molecule has 0 bridgehead atoms. The summed E-state index contributed by atoms with van der Waals surface area (Å²) in [7, 11) is 2.06. The van der Waals surface area contributed by atoms with Gasteiger partial charge in [0.05, 0.1) is 5.69 Å². The van der Waals surface area contributed by atoms with E-state index >= 15 is 0 Å². The quantitative estimate of drug-likeness (QED) is 0.818. The molecule has 1 aromatic heterocycles. The molecule has 0 aliphatic heterocycles. The van der Waals surface area contributed by atoms with Crippen molar-refractivity contribution in [3.63, 3.8) is 0 Å². The van der Waals surface area contributed by atoms with Crippen LogP contribution in [0.2, 0.25) is 0 Å². The first-order chi connectivity index (χ1) is 8.69. The number of nitrogens with two attached hydrogens (primary N) is 1. The fourth-order valence-electron chi connectivity index (χ4n) is 2.09. The lowest BCUT2D eigenvalue weighted by molar-refractivity contribution is 0.808. The predicted octanol–water partition coefficient (Wildman–Crippen LogP) is 1.86. The Balaban J connectivity index is 3.11. The van der Waals surface area contributed by atoms with Crippen molar-refractivity contribution in [1.29, 1.82) is 0 Å². The SMILES string of the molecule is CCc1nnc(N(C)CCSC)c(CN)c1CC. The van der Waals surface area contributed by atoms with E-state index in [4.69, 9.17) is 5.73 Å². The highest BCUT2D eigenvalue weighted by Crippen LogP contribution is 2.22. The molecule has 2 N–H and O–H groups in total. The van der Waals surface area contributed by atoms with Crippen molar-refractivity contribution in [2.45, 2.75) is 33.2 Å². The van der Waals surface area contributed by atoms with Gasteiger partial charge in [-0.3, -0.25) is 0 Å². The maximum Gasteiger partial charge on any atom is 0.155 e. The smallest absolute Gasteiger partial charge is 0.155 e. The van der Waals surface area contributed by atoms with Gasteiger partial charge in [0, 0.05) is 31.5 Å². The molecule has 0 aliphatic rings. The van der Waals surface area contributed by atoms with Gasteiger partial charge in [-0.05, 0) is 24.7 Å². The maximum atomic E-state index is 5.92. The Morgan fingerprint density at radius 2 is 1.89 bits per heavy atom. The molecule has 1 rings (SSSR count). The zero-order valence-corrected chi connectivity index (χ0v) is 12.7. The van der Waals surface area contributed by atoms with Crippen LogP contribution in [0.4, 0.5) is 5.82 Å². The molecule has 0 unspecified atom stereocenters. The van der Waals surface area contributed by atoms with E-state index in [2.05, 4.69) is 42.2 Å². The van der Waals surface area contributed by atoms with Crippen LogP contribution in [0.1, 0.15) is 30.7 Å². The summed E-state index contributed by atoms with van der Waals surface area (Å²) in [6.07, 6.45) is 3.99. The zero-order valence-electron chi connectivity index (χ0n) is 11.9.